The van der Waals surface area contributed by atoms with E-state index in [1.807, 2.05) is 0 Å². The Hall–Kier alpha value is -4.60. The molecule has 1 fully saturated rings. The van der Waals surface area contributed by atoms with Crippen molar-refractivity contribution in [1.29, 1.82) is 0 Å². The van der Waals surface area contributed by atoms with Crippen LogP contribution in [0.5, 0.6) is 5.75 Å². The number of anilines is 1. The minimum Gasteiger partial charge on any atom is -0.435 e. The lowest BCUT2D eigenvalue weighted by molar-refractivity contribution is -0.133. The van der Waals surface area contributed by atoms with E-state index < -0.39 is 36.5 Å². The summed E-state index contributed by atoms with van der Waals surface area (Å²) in [5.41, 5.74) is -0.258. The second kappa shape index (κ2) is 9.95. The number of alkyl halides is 2. The van der Waals surface area contributed by atoms with Crippen molar-refractivity contribution in [1.82, 2.24) is 10.2 Å². The second-order valence-corrected chi connectivity index (χ2v) is 8.14. The Morgan fingerprint density at radius 2 is 1.61 bits per heavy atom. The zero-order valence-corrected chi connectivity index (χ0v) is 19.0. The molecule has 0 aromatic heterocycles. The summed E-state index contributed by atoms with van der Waals surface area (Å²) >= 11 is 0. The molecule has 36 heavy (non-hydrogen) atoms. The van der Waals surface area contributed by atoms with E-state index in [0.717, 1.165) is 4.90 Å². The molecular weight excluding hydrogens is 472 g/mol. The smallest absolute Gasteiger partial charge is 0.387 e. The van der Waals surface area contributed by atoms with Crippen molar-refractivity contribution in [2.75, 3.05) is 11.9 Å². The number of urea groups is 1. The van der Waals surface area contributed by atoms with Crippen molar-refractivity contribution in [3.05, 3.63) is 95.6 Å². The maximum atomic E-state index is 13.1. The highest BCUT2D eigenvalue weighted by Gasteiger charge is 2.49. The highest BCUT2D eigenvalue weighted by molar-refractivity contribution is 6.15. The molecule has 0 bridgehead atoms. The van der Waals surface area contributed by atoms with Gasteiger partial charge in [0.25, 0.3) is 5.91 Å². The van der Waals surface area contributed by atoms with Crippen molar-refractivity contribution >= 4 is 29.3 Å². The fourth-order valence-electron chi connectivity index (χ4n) is 3.87. The number of ketones is 1. The van der Waals surface area contributed by atoms with Gasteiger partial charge in [-0.2, -0.15) is 8.78 Å². The lowest BCUT2D eigenvalue weighted by Crippen LogP contribution is -2.42. The highest BCUT2D eigenvalue weighted by atomic mass is 19.3. The Morgan fingerprint density at radius 1 is 0.972 bits per heavy atom. The molecule has 0 spiro atoms. The molecule has 0 aliphatic carbocycles. The molecular formula is C26H21F2N3O5. The van der Waals surface area contributed by atoms with Gasteiger partial charge in [-0.1, -0.05) is 54.6 Å². The summed E-state index contributed by atoms with van der Waals surface area (Å²) in [5.74, 6) is -1.78. The molecule has 3 aromatic carbocycles. The Bertz CT molecular complexity index is 1310. The molecule has 8 nitrogen and oxygen atoms in total. The molecule has 1 unspecified atom stereocenters. The molecule has 1 saturated heterocycles. The van der Waals surface area contributed by atoms with Crippen LogP contribution in [0.4, 0.5) is 19.3 Å². The molecule has 10 heteroatoms. The number of imide groups is 1. The largest absolute Gasteiger partial charge is 0.435 e. The number of benzene rings is 3. The Balaban J connectivity index is 1.48. The number of nitrogens with zero attached hydrogens (tertiary/aromatic N) is 1. The van der Waals surface area contributed by atoms with Crippen LogP contribution in [0.3, 0.4) is 0 Å². The Labute approximate surface area is 204 Å². The van der Waals surface area contributed by atoms with Crippen molar-refractivity contribution in [2.45, 2.75) is 19.1 Å². The number of carbonyl (C=O) groups is 4. The predicted octanol–water partition coefficient (Wildman–Crippen LogP) is 3.92. The number of nitrogens with one attached hydrogen (secondary N) is 2. The Kier molecular flexibility index (Phi) is 6.77. The third-order valence-corrected chi connectivity index (χ3v) is 5.72. The predicted molar refractivity (Wildman–Crippen MR) is 126 cm³/mol. The van der Waals surface area contributed by atoms with E-state index in [4.69, 9.17) is 0 Å². The van der Waals surface area contributed by atoms with Gasteiger partial charge >= 0.3 is 12.6 Å². The van der Waals surface area contributed by atoms with Gasteiger partial charge < -0.3 is 15.4 Å². The van der Waals surface area contributed by atoms with Gasteiger partial charge in [-0.05, 0) is 36.8 Å². The molecule has 4 rings (SSSR count). The summed E-state index contributed by atoms with van der Waals surface area (Å²) in [4.78, 5) is 52.1. The third-order valence-electron chi connectivity index (χ3n) is 5.72. The van der Waals surface area contributed by atoms with Gasteiger partial charge in [-0.15, -0.1) is 0 Å². The van der Waals surface area contributed by atoms with Crippen LogP contribution in [0.2, 0.25) is 0 Å². The molecule has 0 saturated carbocycles. The van der Waals surface area contributed by atoms with Crippen LogP contribution < -0.4 is 15.4 Å². The lowest BCUT2D eigenvalue weighted by atomic mass is 9.92. The number of rotatable bonds is 8. The van der Waals surface area contributed by atoms with Crippen LogP contribution in [0.25, 0.3) is 0 Å². The van der Waals surface area contributed by atoms with Crippen LogP contribution in [0.15, 0.2) is 78.9 Å². The molecule has 4 amide bonds. The first-order valence-corrected chi connectivity index (χ1v) is 10.9. The van der Waals surface area contributed by atoms with Crippen molar-refractivity contribution in [3.8, 4) is 5.75 Å². The van der Waals surface area contributed by atoms with E-state index in [-0.39, 0.29) is 22.8 Å². The lowest BCUT2D eigenvalue weighted by Gasteiger charge is -2.22. The number of ether oxygens (including phenoxy) is 1. The minimum atomic E-state index is -3.00. The fourth-order valence-corrected chi connectivity index (χ4v) is 3.87. The van der Waals surface area contributed by atoms with E-state index in [2.05, 4.69) is 15.4 Å². The molecule has 0 radical (unpaired) electrons. The summed E-state index contributed by atoms with van der Waals surface area (Å²) in [6.45, 7) is -2.15. The molecule has 1 atom stereocenters. The van der Waals surface area contributed by atoms with Gasteiger partial charge in [0.1, 0.15) is 17.8 Å². The van der Waals surface area contributed by atoms with Crippen molar-refractivity contribution in [2.24, 2.45) is 0 Å². The van der Waals surface area contributed by atoms with Gasteiger partial charge in [0.2, 0.25) is 5.91 Å². The average Bonchev–Trinajstić information content (AvgIpc) is 3.08. The summed E-state index contributed by atoms with van der Waals surface area (Å²) in [5, 5.41) is 5.14. The molecule has 1 heterocycles. The zero-order valence-electron chi connectivity index (χ0n) is 19.0. The molecule has 3 aromatic rings. The number of hydrogen-bond acceptors (Lipinski definition) is 5. The number of para-hydroxylation sites is 1. The fraction of sp³-hybridized carbons (Fsp3) is 0.154. The van der Waals surface area contributed by atoms with Crippen LogP contribution in [-0.2, 0) is 15.1 Å². The van der Waals surface area contributed by atoms with Gasteiger partial charge in [-0.25, -0.2) is 4.79 Å². The first-order valence-electron chi connectivity index (χ1n) is 10.9. The first kappa shape index (κ1) is 24.5. The zero-order chi connectivity index (χ0) is 25.9. The molecule has 1 aliphatic rings. The van der Waals surface area contributed by atoms with Crippen LogP contribution in [0.1, 0.15) is 28.4 Å². The monoisotopic (exact) mass is 493 g/mol. The summed E-state index contributed by atoms with van der Waals surface area (Å²) < 4.78 is 29.1. The summed E-state index contributed by atoms with van der Waals surface area (Å²) in [7, 11) is 0. The van der Waals surface area contributed by atoms with Gasteiger partial charge in [0, 0.05) is 11.1 Å². The number of amides is 4. The summed E-state index contributed by atoms with van der Waals surface area (Å²) in [6.07, 6.45) is 0. The third kappa shape index (κ3) is 4.92. The number of carbonyl (C=O) groups excluding carboxylic acids is 4. The van der Waals surface area contributed by atoms with Crippen LogP contribution in [-0.4, -0.2) is 41.7 Å². The maximum Gasteiger partial charge on any atom is 0.387 e. The molecule has 184 valence electrons. The van der Waals surface area contributed by atoms with Gasteiger partial charge in [0.15, 0.2) is 5.78 Å². The SMILES string of the molecule is CC1(c2ccc(OC(F)F)cc2)NC(=O)N(CC(=O)Nc2ccccc2C(=O)c2ccccc2)C1=O. The maximum absolute atomic E-state index is 13.1. The highest BCUT2D eigenvalue weighted by Crippen LogP contribution is 2.30. The average molecular weight is 493 g/mol. The first-order chi connectivity index (χ1) is 17.2. The Morgan fingerprint density at radius 3 is 2.28 bits per heavy atom. The van der Waals surface area contributed by atoms with Crippen molar-refractivity contribution < 1.29 is 32.7 Å². The number of hydrogen-bond donors (Lipinski definition) is 2. The van der Waals surface area contributed by atoms with E-state index in [1.165, 1.54) is 31.2 Å². The van der Waals surface area contributed by atoms with E-state index in [1.54, 1.807) is 54.6 Å². The second-order valence-electron chi connectivity index (χ2n) is 8.14. The van der Waals surface area contributed by atoms with Gasteiger partial charge in [0.05, 0.1) is 5.69 Å². The number of halogens is 2. The van der Waals surface area contributed by atoms with Gasteiger partial charge in [-0.3, -0.25) is 19.3 Å². The van der Waals surface area contributed by atoms with Crippen molar-refractivity contribution in [3.63, 3.8) is 0 Å². The van der Waals surface area contributed by atoms with E-state index in [0.29, 0.717) is 11.1 Å². The summed E-state index contributed by atoms with van der Waals surface area (Å²) in [6, 6.07) is 19.4. The van der Waals surface area contributed by atoms with E-state index in [9.17, 15) is 28.0 Å². The quantitative estimate of drug-likeness (QED) is 0.366. The standard InChI is InChI=1S/C26H21F2N3O5/c1-26(17-11-13-18(14-12-17)36-24(27)28)23(34)31(25(35)30-26)15-21(32)29-20-10-6-5-9-19(20)22(33)16-7-3-2-4-8-16/h2-14,24H,15H2,1H3,(H,29,32)(H,30,35). The van der Waals surface area contributed by atoms with Crippen LogP contribution in [0, 0.1) is 0 Å². The molecule has 1 aliphatic heterocycles. The molecule has 2 N–H and O–H groups in total. The van der Waals surface area contributed by atoms with E-state index >= 15 is 0 Å². The normalized spacial score (nSPS) is 17.2. The topological polar surface area (TPSA) is 105 Å². The van der Waals surface area contributed by atoms with Crippen LogP contribution >= 0.6 is 0 Å². The minimum absolute atomic E-state index is 0.103.